The fraction of sp³-hybridized carbons (Fsp3) is 0. The van der Waals surface area contributed by atoms with E-state index in [4.69, 9.17) is 15.0 Å². The van der Waals surface area contributed by atoms with E-state index in [1.165, 1.54) is 38.1 Å². The molecule has 0 bridgehead atoms. The minimum Gasteiger partial charge on any atom is -0.309 e. The van der Waals surface area contributed by atoms with Crippen molar-refractivity contribution in [3.63, 3.8) is 0 Å². The molecule has 0 saturated heterocycles. The highest BCUT2D eigenvalue weighted by Crippen LogP contribution is 2.34. The average molecular weight is 677 g/mol. The summed E-state index contributed by atoms with van der Waals surface area (Å²) in [6.07, 6.45) is 0. The van der Waals surface area contributed by atoms with Crippen LogP contribution in [0.2, 0.25) is 0 Å². The molecule has 0 amide bonds. The lowest BCUT2D eigenvalue weighted by molar-refractivity contribution is 1.07. The highest BCUT2D eigenvalue weighted by molar-refractivity contribution is 6.09. The number of benzene rings is 8. The van der Waals surface area contributed by atoms with Crippen LogP contribution in [0.3, 0.4) is 0 Å². The smallest absolute Gasteiger partial charge is 0.164 e. The minimum absolute atomic E-state index is 0.627. The van der Waals surface area contributed by atoms with Gasteiger partial charge in [-0.15, -0.1) is 0 Å². The van der Waals surface area contributed by atoms with Crippen LogP contribution < -0.4 is 0 Å². The third kappa shape index (κ3) is 5.63. The van der Waals surface area contributed by atoms with Gasteiger partial charge in [0.25, 0.3) is 0 Å². The van der Waals surface area contributed by atoms with Gasteiger partial charge in [-0.1, -0.05) is 146 Å². The molecule has 4 heteroatoms. The largest absolute Gasteiger partial charge is 0.309 e. The first-order chi connectivity index (χ1) is 26.2. The Labute approximate surface area is 307 Å². The zero-order chi connectivity index (χ0) is 35.1. The molecule has 53 heavy (non-hydrogen) atoms. The molecule has 2 aromatic heterocycles. The van der Waals surface area contributed by atoms with Gasteiger partial charge in [0.15, 0.2) is 17.5 Å². The lowest BCUT2D eigenvalue weighted by Crippen LogP contribution is -2.01. The van der Waals surface area contributed by atoms with Crippen LogP contribution >= 0.6 is 0 Å². The zero-order valence-electron chi connectivity index (χ0n) is 28.8. The maximum atomic E-state index is 5.09. The van der Waals surface area contributed by atoms with E-state index >= 15 is 0 Å². The van der Waals surface area contributed by atoms with E-state index in [1.54, 1.807) is 0 Å². The molecule has 0 aliphatic heterocycles. The van der Waals surface area contributed by atoms with Crippen LogP contribution in [0.4, 0.5) is 0 Å². The fourth-order valence-electron chi connectivity index (χ4n) is 7.37. The van der Waals surface area contributed by atoms with Crippen molar-refractivity contribution in [2.45, 2.75) is 0 Å². The summed E-state index contributed by atoms with van der Waals surface area (Å²) >= 11 is 0. The van der Waals surface area contributed by atoms with Gasteiger partial charge in [-0.3, -0.25) is 0 Å². The maximum absolute atomic E-state index is 5.09. The second kappa shape index (κ2) is 12.9. The number of nitrogens with zero attached hydrogens (tertiary/aromatic N) is 4. The van der Waals surface area contributed by atoms with E-state index in [0.717, 1.165) is 39.1 Å². The van der Waals surface area contributed by atoms with Crippen molar-refractivity contribution in [1.29, 1.82) is 0 Å². The van der Waals surface area contributed by atoms with Gasteiger partial charge in [0, 0.05) is 33.2 Å². The van der Waals surface area contributed by atoms with E-state index in [-0.39, 0.29) is 0 Å². The first-order valence-electron chi connectivity index (χ1n) is 17.9. The monoisotopic (exact) mass is 676 g/mol. The standard InChI is InChI=1S/C49H32N4/c1-2-11-33(12-3-1)39-15-10-16-41(32-39)49-51-47(36-24-21-35(22-25-36)40-26-23-34-13-4-5-14-38(34)31-40)50-48(52-49)37-27-29-42(30-28-37)53-45-19-8-6-17-43(45)44-18-7-9-20-46(44)53/h1-32H. The van der Waals surface area contributed by atoms with E-state index < -0.39 is 0 Å². The van der Waals surface area contributed by atoms with Gasteiger partial charge in [-0.2, -0.15) is 0 Å². The number of hydrogen-bond acceptors (Lipinski definition) is 3. The molecule has 0 unspecified atom stereocenters. The maximum Gasteiger partial charge on any atom is 0.164 e. The molecular formula is C49H32N4. The summed E-state index contributed by atoms with van der Waals surface area (Å²) in [5, 5.41) is 4.94. The molecular weight excluding hydrogens is 645 g/mol. The Kier molecular flexibility index (Phi) is 7.43. The van der Waals surface area contributed by atoms with Gasteiger partial charge in [-0.05, 0) is 81.6 Å². The average Bonchev–Trinajstić information content (AvgIpc) is 3.58. The summed E-state index contributed by atoms with van der Waals surface area (Å²) in [6, 6.07) is 68.1. The highest BCUT2D eigenvalue weighted by Gasteiger charge is 2.15. The molecule has 0 N–H and O–H groups in total. The Bertz CT molecular complexity index is 2870. The molecule has 0 aliphatic rings. The molecule has 10 rings (SSSR count). The van der Waals surface area contributed by atoms with Gasteiger partial charge in [0.05, 0.1) is 11.0 Å². The van der Waals surface area contributed by atoms with Crippen LogP contribution in [0.1, 0.15) is 0 Å². The van der Waals surface area contributed by atoms with Crippen molar-refractivity contribution in [3.8, 4) is 62.1 Å². The quantitative estimate of drug-likeness (QED) is 0.176. The third-order valence-corrected chi connectivity index (χ3v) is 10.1. The zero-order valence-corrected chi connectivity index (χ0v) is 28.8. The summed E-state index contributed by atoms with van der Waals surface area (Å²) in [6.45, 7) is 0. The first kappa shape index (κ1) is 30.6. The van der Waals surface area contributed by atoms with Gasteiger partial charge in [0.2, 0.25) is 0 Å². The number of aromatic nitrogens is 4. The molecule has 8 aromatic carbocycles. The predicted molar refractivity (Wildman–Crippen MR) is 219 cm³/mol. The van der Waals surface area contributed by atoms with E-state index in [1.807, 2.05) is 6.07 Å². The molecule has 0 aliphatic carbocycles. The minimum atomic E-state index is 0.627. The number of fused-ring (bicyclic) bond motifs is 4. The van der Waals surface area contributed by atoms with Gasteiger partial charge in [0.1, 0.15) is 0 Å². The normalized spacial score (nSPS) is 11.4. The Balaban J connectivity index is 1.07. The van der Waals surface area contributed by atoms with Gasteiger partial charge < -0.3 is 4.57 Å². The molecule has 4 nitrogen and oxygen atoms in total. The van der Waals surface area contributed by atoms with Crippen LogP contribution in [0.15, 0.2) is 194 Å². The van der Waals surface area contributed by atoms with Gasteiger partial charge >= 0.3 is 0 Å². The third-order valence-electron chi connectivity index (χ3n) is 10.1. The highest BCUT2D eigenvalue weighted by atomic mass is 15.0. The summed E-state index contributed by atoms with van der Waals surface area (Å²) in [5.41, 5.74) is 10.8. The predicted octanol–water partition coefficient (Wildman–Crippen LogP) is 12.5. The summed E-state index contributed by atoms with van der Waals surface area (Å²) < 4.78 is 2.32. The lowest BCUT2D eigenvalue weighted by Gasteiger charge is -2.12. The van der Waals surface area contributed by atoms with Crippen molar-refractivity contribution in [2.75, 3.05) is 0 Å². The van der Waals surface area contributed by atoms with Crippen LogP contribution in [-0.4, -0.2) is 19.5 Å². The van der Waals surface area contributed by atoms with Crippen molar-refractivity contribution < 1.29 is 0 Å². The molecule has 0 spiro atoms. The molecule has 0 saturated carbocycles. The van der Waals surface area contributed by atoms with Crippen molar-refractivity contribution in [3.05, 3.63) is 194 Å². The summed E-state index contributed by atoms with van der Waals surface area (Å²) in [5.74, 6) is 1.89. The Morgan fingerprint density at radius 1 is 0.283 bits per heavy atom. The molecule has 0 fully saturated rings. The lowest BCUT2D eigenvalue weighted by atomic mass is 10.00. The van der Waals surface area contributed by atoms with Crippen LogP contribution in [0.5, 0.6) is 0 Å². The van der Waals surface area contributed by atoms with E-state index in [0.29, 0.717) is 17.5 Å². The van der Waals surface area contributed by atoms with Crippen molar-refractivity contribution in [1.82, 2.24) is 19.5 Å². The van der Waals surface area contributed by atoms with E-state index in [2.05, 4.69) is 193 Å². The SMILES string of the molecule is c1ccc(-c2cccc(-c3nc(-c4ccc(-c5ccc6ccccc6c5)cc4)nc(-c4ccc(-n5c6ccccc6c6ccccc65)cc4)n3)c2)cc1. The number of hydrogen-bond donors (Lipinski definition) is 0. The molecule has 0 atom stereocenters. The molecule has 2 heterocycles. The second-order valence-corrected chi connectivity index (χ2v) is 13.3. The van der Waals surface area contributed by atoms with Crippen LogP contribution in [0, 0.1) is 0 Å². The van der Waals surface area contributed by atoms with Crippen LogP contribution in [0.25, 0.3) is 94.7 Å². The Morgan fingerprint density at radius 3 is 1.42 bits per heavy atom. The topological polar surface area (TPSA) is 43.6 Å². The first-order valence-corrected chi connectivity index (χ1v) is 17.9. The fourth-order valence-corrected chi connectivity index (χ4v) is 7.37. The molecule has 10 aromatic rings. The van der Waals surface area contributed by atoms with Crippen molar-refractivity contribution in [2.24, 2.45) is 0 Å². The number of rotatable bonds is 6. The van der Waals surface area contributed by atoms with Crippen molar-refractivity contribution >= 4 is 32.6 Å². The molecule has 0 radical (unpaired) electrons. The Hall–Kier alpha value is -7.17. The Morgan fingerprint density at radius 2 is 0.736 bits per heavy atom. The second-order valence-electron chi connectivity index (χ2n) is 13.3. The number of para-hydroxylation sites is 2. The van der Waals surface area contributed by atoms with Crippen LogP contribution in [-0.2, 0) is 0 Å². The van der Waals surface area contributed by atoms with E-state index in [9.17, 15) is 0 Å². The summed E-state index contributed by atoms with van der Waals surface area (Å²) in [4.78, 5) is 15.3. The van der Waals surface area contributed by atoms with Gasteiger partial charge in [-0.25, -0.2) is 15.0 Å². The molecule has 248 valence electrons. The summed E-state index contributed by atoms with van der Waals surface area (Å²) in [7, 11) is 0.